The molecular weight excluding hydrogens is 312 g/mol. The number of hydrogen-bond donors (Lipinski definition) is 1. The lowest BCUT2D eigenvalue weighted by atomic mass is 10.1. The smallest absolute Gasteiger partial charge is 0.206 e. The van der Waals surface area contributed by atoms with Gasteiger partial charge in [-0.2, -0.15) is 0 Å². The molecule has 0 bridgehead atoms. The predicted molar refractivity (Wildman–Crippen MR) is 87.2 cm³/mol. The summed E-state index contributed by atoms with van der Waals surface area (Å²) in [6, 6.07) is 17.5. The van der Waals surface area contributed by atoms with Crippen LogP contribution in [0.2, 0.25) is 0 Å². The van der Waals surface area contributed by atoms with E-state index < -0.39 is 15.9 Å². The summed E-state index contributed by atoms with van der Waals surface area (Å²) in [5, 5.41) is 10.3. The predicted octanol–water partition coefficient (Wildman–Crippen LogP) is 3.22. The van der Waals surface area contributed by atoms with Crippen LogP contribution in [0.1, 0.15) is 24.5 Å². The Balaban J connectivity index is 1.90. The van der Waals surface area contributed by atoms with Crippen molar-refractivity contribution in [1.82, 2.24) is 0 Å². The molecule has 0 spiro atoms. The second-order valence-electron chi connectivity index (χ2n) is 5.39. The number of benzene rings is 2. The van der Waals surface area contributed by atoms with Gasteiger partial charge in [-0.1, -0.05) is 48.5 Å². The molecule has 23 heavy (non-hydrogen) atoms. The molecule has 120 valence electrons. The van der Waals surface area contributed by atoms with E-state index in [1.54, 1.807) is 30.3 Å². The summed E-state index contributed by atoms with van der Waals surface area (Å²) < 4.78 is 31.0. The van der Waals surface area contributed by atoms with Gasteiger partial charge >= 0.3 is 0 Å². The zero-order valence-electron chi connectivity index (χ0n) is 12.6. The van der Waals surface area contributed by atoms with Crippen LogP contribution in [0.4, 0.5) is 0 Å². The first-order valence-corrected chi connectivity index (χ1v) is 8.95. The third-order valence-corrected chi connectivity index (χ3v) is 5.83. The van der Waals surface area contributed by atoms with Crippen molar-refractivity contribution in [2.24, 2.45) is 0 Å². The van der Waals surface area contributed by atoms with Crippen LogP contribution in [0.3, 0.4) is 0 Å². The van der Waals surface area contributed by atoms with Crippen molar-refractivity contribution in [3.8, 4) is 0 Å². The maximum Gasteiger partial charge on any atom is 0.206 e. The molecule has 0 radical (unpaired) electrons. The van der Waals surface area contributed by atoms with Crippen molar-refractivity contribution in [3.63, 3.8) is 0 Å². The summed E-state index contributed by atoms with van der Waals surface area (Å²) in [5.74, 6) is 0.366. The van der Waals surface area contributed by atoms with Crippen molar-refractivity contribution in [2.45, 2.75) is 23.8 Å². The summed E-state index contributed by atoms with van der Waals surface area (Å²) in [4.78, 5) is 0.533. The fraction of sp³-hybridized carbons (Fsp3) is 0.222. The van der Waals surface area contributed by atoms with Crippen LogP contribution >= 0.6 is 0 Å². The Morgan fingerprint density at radius 2 is 1.61 bits per heavy atom. The Morgan fingerprint density at radius 1 is 1.00 bits per heavy atom. The van der Waals surface area contributed by atoms with Crippen molar-refractivity contribution in [2.75, 3.05) is 6.61 Å². The molecule has 2 aromatic carbocycles. The fourth-order valence-corrected chi connectivity index (χ4v) is 4.25. The van der Waals surface area contributed by atoms with Gasteiger partial charge in [0.05, 0.1) is 22.5 Å². The van der Waals surface area contributed by atoms with E-state index in [1.807, 2.05) is 30.3 Å². The Hall–Kier alpha value is -2.11. The molecule has 0 saturated heterocycles. The van der Waals surface area contributed by atoms with E-state index in [0.717, 1.165) is 5.56 Å². The first-order chi connectivity index (χ1) is 11.1. The van der Waals surface area contributed by atoms with E-state index in [4.69, 9.17) is 4.74 Å². The van der Waals surface area contributed by atoms with Gasteiger partial charge in [0.25, 0.3) is 0 Å². The average molecular weight is 330 g/mol. The molecule has 0 fully saturated rings. The summed E-state index contributed by atoms with van der Waals surface area (Å²) in [7, 11) is -3.57. The minimum atomic E-state index is -3.57. The van der Waals surface area contributed by atoms with E-state index in [9.17, 15) is 13.5 Å². The Bertz CT molecular complexity index is 795. The summed E-state index contributed by atoms with van der Waals surface area (Å²) in [6.45, 7) is 0.332. The van der Waals surface area contributed by atoms with Gasteiger partial charge in [-0.3, -0.25) is 0 Å². The lowest BCUT2D eigenvalue weighted by molar-refractivity contribution is 0.142. The van der Waals surface area contributed by atoms with E-state index >= 15 is 0 Å². The maximum atomic E-state index is 12.7. The topological polar surface area (TPSA) is 63.6 Å². The van der Waals surface area contributed by atoms with Crippen molar-refractivity contribution >= 4 is 9.84 Å². The highest BCUT2D eigenvalue weighted by atomic mass is 32.2. The van der Waals surface area contributed by atoms with Crippen LogP contribution in [0.5, 0.6) is 0 Å². The molecule has 4 nitrogen and oxygen atoms in total. The van der Waals surface area contributed by atoms with Gasteiger partial charge in [-0.15, -0.1) is 0 Å². The van der Waals surface area contributed by atoms with Crippen molar-refractivity contribution < 1.29 is 18.3 Å². The number of aliphatic hydroxyl groups is 1. The molecule has 1 N–H and O–H groups in total. The lowest BCUT2D eigenvalue weighted by Gasteiger charge is -2.13. The number of rotatable bonds is 5. The van der Waals surface area contributed by atoms with E-state index in [1.165, 1.54) is 0 Å². The quantitative estimate of drug-likeness (QED) is 0.914. The fourth-order valence-electron chi connectivity index (χ4n) is 2.65. The highest BCUT2D eigenvalue weighted by Crippen LogP contribution is 2.34. The Kier molecular flexibility index (Phi) is 4.50. The monoisotopic (exact) mass is 330 g/mol. The van der Waals surface area contributed by atoms with Crippen LogP contribution in [0, 0.1) is 0 Å². The summed E-state index contributed by atoms with van der Waals surface area (Å²) in [5.41, 5.74) is 0.743. The number of hydrogen-bond acceptors (Lipinski definition) is 4. The van der Waals surface area contributed by atoms with Gasteiger partial charge in [0.15, 0.2) is 0 Å². The molecule has 1 aliphatic heterocycles. The molecule has 0 amide bonds. The third-order valence-electron chi connectivity index (χ3n) is 3.86. The second-order valence-corrected chi connectivity index (χ2v) is 7.36. The van der Waals surface area contributed by atoms with Crippen LogP contribution in [-0.4, -0.2) is 20.1 Å². The van der Waals surface area contributed by atoms with Crippen LogP contribution in [0.15, 0.2) is 76.2 Å². The van der Waals surface area contributed by atoms with Gasteiger partial charge in [0, 0.05) is 12.8 Å². The molecule has 5 heteroatoms. The zero-order valence-corrected chi connectivity index (χ0v) is 13.4. The normalized spacial score (nSPS) is 16.2. The third kappa shape index (κ3) is 3.30. The van der Waals surface area contributed by atoms with E-state index in [0.29, 0.717) is 18.8 Å². The number of ether oxygens (including phenoxy) is 1. The first kappa shape index (κ1) is 15.8. The highest BCUT2D eigenvalue weighted by molar-refractivity contribution is 7.95. The molecule has 1 heterocycles. The maximum absolute atomic E-state index is 12.7. The van der Waals surface area contributed by atoms with Crippen LogP contribution in [-0.2, 0) is 14.6 Å². The lowest BCUT2D eigenvalue weighted by Crippen LogP contribution is -2.07. The number of sulfone groups is 1. The van der Waals surface area contributed by atoms with Crippen molar-refractivity contribution in [3.05, 3.63) is 76.9 Å². The molecule has 1 atom stereocenters. The Morgan fingerprint density at radius 3 is 2.26 bits per heavy atom. The molecule has 3 rings (SSSR count). The first-order valence-electron chi connectivity index (χ1n) is 7.47. The largest absolute Gasteiger partial charge is 0.496 e. The standard InChI is InChI=1S/C18H18O4S/c19-16(14-7-3-1-4-8-14)13-17-18(11-12-22-17)23(20,21)15-9-5-2-6-10-15/h1-10,16,19H,11-13H2. The van der Waals surface area contributed by atoms with Crippen molar-refractivity contribution in [1.29, 1.82) is 0 Å². The van der Waals surface area contributed by atoms with Gasteiger partial charge in [-0.25, -0.2) is 8.42 Å². The molecule has 1 aliphatic rings. The van der Waals surface area contributed by atoms with Gasteiger partial charge in [0.2, 0.25) is 9.84 Å². The molecule has 0 aromatic heterocycles. The minimum absolute atomic E-state index is 0.158. The van der Waals surface area contributed by atoms with Gasteiger partial charge in [0.1, 0.15) is 5.76 Å². The Labute approximate surface area is 136 Å². The number of aliphatic hydroxyl groups excluding tert-OH is 1. The molecule has 0 saturated carbocycles. The van der Waals surface area contributed by atoms with Crippen LogP contribution < -0.4 is 0 Å². The second kappa shape index (κ2) is 6.56. The van der Waals surface area contributed by atoms with E-state index in [-0.39, 0.29) is 16.2 Å². The SMILES string of the molecule is O=S(=O)(C1=C(CC(O)c2ccccc2)OCC1)c1ccccc1. The average Bonchev–Trinajstić information content (AvgIpc) is 3.05. The van der Waals surface area contributed by atoms with E-state index in [2.05, 4.69) is 0 Å². The highest BCUT2D eigenvalue weighted by Gasteiger charge is 2.30. The zero-order chi connectivity index (χ0) is 16.3. The minimum Gasteiger partial charge on any atom is -0.496 e. The van der Waals surface area contributed by atoms with Gasteiger partial charge in [-0.05, 0) is 17.7 Å². The summed E-state index contributed by atoms with van der Waals surface area (Å²) >= 11 is 0. The molecular formula is C18H18O4S. The molecule has 1 unspecified atom stereocenters. The summed E-state index contributed by atoms with van der Waals surface area (Å²) in [6.07, 6.45) is -0.287. The van der Waals surface area contributed by atoms with Gasteiger partial charge < -0.3 is 9.84 Å². The molecule has 2 aromatic rings. The van der Waals surface area contributed by atoms with Crippen LogP contribution in [0.25, 0.3) is 0 Å². The molecule has 0 aliphatic carbocycles.